The summed E-state index contributed by atoms with van der Waals surface area (Å²) >= 11 is 0. The van der Waals surface area contributed by atoms with Crippen molar-refractivity contribution in [1.82, 2.24) is 10.3 Å². The van der Waals surface area contributed by atoms with Crippen LogP contribution in [0.1, 0.15) is 15.9 Å². The number of methoxy groups -OCH3 is 1. The van der Waals surface area contributed by atoms with E-state index in [-0.39, 0.29) is 18.4 Å². The van der Waals surface area contributed by atoms with Crippen LogP contribution in [0.4, 0.5) is 11.4 Å². The summed E-state index contributed by atoms with van der Waals surface area (Å²) in [7, 11) is 1.61. The fraction of sp³-hybridized carbons (Fsp3) is 0.278. The fourth-order valence-corrected chi connectivity index (χ4v) is 2.11. The SMILES string of the molecule is COCCNCC(=O)Nc1ccc(C)c(NC(=O)c2ccncc2)c1. The molecule has 0 spiro atoms. The number of pyridine rings is 1. The average Bonchev–Trinajstić information content (AvgIpc) is 2.62. The summed E-state index contributed by atoms with van der Waals surface area (Å²) in [6.07, 6.45) is 3.13. The number of carbonyl (C=O) groups is 2. The summed E-state index contributed by atoms with van der Waals surface area (Å²) in [6.45, 7) is 3.23. The van der Waals surface area contributed by atoms with Crippen molar-refractivity contribution in [3.63, 3.8) is 0 Å². The first-order valence-corrected chi connectivity index (χ1v) is 7.91. The molecule has 3 N–H and O–H groups in total. The molecule has 7 nitrogen and oxygen atoms in total. The number of benzene rings is 1. The second-order valence-electron chi connectivity index (χ2n) is 5.44. The molecule has 0 aliphatic heterocycles. The van der Waals surface area contributed by atoms with Gasteiger partial charge in [0.25, 0.3) is 5.91 Å². The quantitative estimate of drug-likeness (QED) is 0.637. The molecule has 0 unspecified atom stereocenters. The second kappa shape index (κ2) is 9.51. The van der Waals surface area contributed by atoms with Gasteiger partial charge in [0.15, 0.2) is 0 Å². The molecule has 0 saturated heterocycles. The van der Waals surface area contributed by atoms with Crippen LogP contribution in [0.25, 0.3) is 0 Å². The van der Waals surface area contributed by atoms with Gasteiger partial charge in [0.1, 0.15) is 0 Å². The molecular formula is C18H22N4O3. The molecule has 2 amide bonds. The van der Waals surface area contributed by atoms with E-state index in [9.17, 15) is 9.59 Å². The molecule has 2 aromatic rings. The zero-order valence-corrected chi connectivity index (χ0v) is 14.3. The van der Waals surface area contributed by atoms with Crippen LogP contribution in [0.5, 0.6) is 0 Å². The second-order valence-corrected chi connectivity index (χ2v) is 5.44. The maximum Gasteiger partial charge on any atom is 0.255 e. The van der Waals surface area contributed by atoms with Gasteiger partial charge in [-0.15, -0.1) is 0 Å². The van der Waals surface area contributed by atoms with Crippen LogP contribution in [-0.2, 0) is 9.53 Å². The highest BCUT2D eigenvalue weighted by molar-refractivity contribution is 6.05. The van der Waals surface area contributed by atoms with Crippen molar-refractivity contribution in [1.29, 1.82) is 0 Å². The van der Waals surface area contributed by atoms with Crippen LogP contribution in [-0.4, -0.2) is 43.6 Å². The van der Waals surface area contributed by atoms with E-state index in [1.54, 1.807) is 43.8 Å². The van der Waals surface area contributed by atoms with Crippen molar-refractivity contribution >= 4 is 23.2 Å². The molecule has 0 atom stereocenters. The molecule has 1 aromatic heterocycles. The molecule has 25 heavy (non-hydrogen) atoms. The average molecular weight is 342 g/mol. The van der Waals surface area contributed by atoms with Gasteiger partial charge in [0.2, 0.25) is 5.91 Å². The minimum absolute atomic E-state index is 0.161. The van der Waals surface area contributed by atoms with Gasteiger partial charge in [-0.2, -0.15) is 0 Å². The molecule has 132 valence electrons. The van der Waals surface area contributed by atoms with Gasteiger partial charge in [-0.05, 0) is 36.8 Å². The lowest BCUT2D eigenvalue weighted by Crippen LogP contribution is -2.30. The Hall–Kier alpha value is -2.77. The third-order valence-electron chi connectivity index (χ3n) is 3.48. The van der Waals surface area contributed by atoms with Crippen LogP contribution in [0, 0.1) is 6.92 Å². The molecule has 0 fully saturated rings. The lowest BCUT2D eigenvalue weighted by Gasteiger charge is -2.12. The van der Waals surface area contributed by atoms with Gasteiger partial charge in [0.05, 0.1) is 13.2 Å². The van der Waals surface area contributed by atoms with Crippen molar-refractivity contribution in [2.24, 2.45) is 0 Å². The van der Waals surface area contributed by atoms with Gasteiger partial charge in [0, 0.05) is 43.0 Å². The first kappa shape index (κ1) is 18.6. The van der Waals surface area contributed by atoms with Crippen LogP contribution >= 0.6 is 0 Å². The van der Waals surface area contributed by atoms with E-state index >= 15 is 0 Å². The first-order valence-electron chi connectivity index (χ1n) is 7.91. The maximum atomic E-state index is 12.3. The highest BCUT2D eigenvalue weighted by atomic mass is 16.5. The Balaban J connectivity index is 1.97. The Labute approximate surface area is 146 Å². The van der Waals surface area contributed by atoms with E-state index in [4.69, 9.17) is 4.74 Å². The van der Waals surface area contributed by atoms with E-state index in [0.29, 0.717) is 30.1 Å². The van der Waals surface area contributed by atoms with Crippen molar-refractivity contribution in [3.05, 3.63) is 53.9 Å². The maximum absolute atomic E-state index is 12.3. The number of nitrogens with zero attached hydrogens (tertiary/aromatic N) is 1. The van der Waals surface area contributed by atoms with E-state index in [2.05, 4.69) is 20.9 Å². The van der Waals surface area contributed by atoms with Crippen molar-refractivity contribution in [2.75, 3.05) is 37.4 Å². The standard InChI is InChI=1S/C18H22N4O3/c1-13-3-4-15(21-17(23)12-20-9-10-25-2)11-16(13)22-18(24)14-5-7-19-8-6-14/h3-8,11,20H,9-10,12H2,1-2H3,(H,21,23)(H,22,24). The number of nitrogens with one attached hydrogen (secondary N) is 3. The number of amides is 2. The zero-order chi connectivity index (χ0) is 18.1. The Bertz CT molecular complexity index is 720. The summed E-state index contributed by atoms with van der Waals surface area (Å²) in [6, 6.07) is 8.66. The fourth-order valence-electron chi connectivity index (χ4n) is 2.11. The summed E-state index contributed by atoms with van der Waals surface area (Å²) in [5.74, 6) is -0.387. The molecule has 0 aliphatic carbocycles. The van der Waals surface area contributed by atoms with Gasteiger partial charge >= 0.3 is 0 Å². The molecule has 1 aromatic carbocycles. The summed E-state index contributed by atoms with van der Waals surface area (Å²) < 4.78 is 4.91. The number of carbonyl (C=O) groups excluding carboxylic acids is 2. The molecular weight excluding hydrogens is 320 g/mol. The summed E-state index contributed by atoms with van der Waals surface area (Å²) in [5.41, 5.74) is 2.69. The number of hydrogen-bond donors (Lipinski definition) is 3. The Morgan fingerprint density at radius 1 is 1.12 bits per heavy atom. The number of ether oxygens (including phenoxy) is 1. The monoisotopic (exact) mass is 342 g/mol. The normalized spacial score (nSPS) is 10.3. The number of anilines is 2. The number of aromatic nitrogens is 1. The highest BCUT2D eigenvalue weighted by Gasteiger charge is 2.09. The smallest absolute Gasteiger partial charge is 0.255 e. The van der Waals surface area contributed by atoms with Crippen molar-refractivity contribution < 1.29 is 14.3 Å². The topological polar surface area (TPSA) is 92.4 Å². The van der Waals surface area contributed by atoms with Gasteiger partial charge in [-0.3, -0.25) is 14.6 Å². The van der Waals surface area contributed by atoms with E-state index in [1.165, 1.54) is 0 Å². The summed E-state index contributed by atoms with van der Waals surface area (Å²) in [4.78, 5) is 28.1. The molecule has 0 bridgehead atoms. The third-order valence-corrected chi connectivity index (χ3v) is 3.48. The lowest BCUT2D eigenvalue weighted by atomic mass is 10.1. The van der Waals surface area contributed by atoms with Crippen LogP contribution in [0.2, 0.25) is 0 Å². The Morgan fingerprint density at radius 2 is 1.88 bits per heavy atom. The van der Waals surface area contributed by atoms with E-state index in [1.807, 2.05) is 13.0 Å². The van der Waals surface area contributed by atoms with Gasteiger partial charge in [-0.1, -0.05) is 6.07 Å². The third kappa shape index (κ3) is 5.98. The van der Waals surface area contributed by atoms with Crippen molar-refractivity contribution in [3.8, 4) is 0 Å². The Kier molecular flexibility index (Phi) is 7.06. The van der Waals surface area contributed by atoms with Gasteiger partial charge in [-0.25, -0.2) is 0 Å². The largest absolute Gasteiger partial charge is 0.383 e. The molecule has 2 rings (SSSR count). The van der Waals surface area contributed by atoms with Crippen molar-refractivity contribution in [2.45, 2.75) is 6.92 Å². The highest BCUT2D eigenvalue weighted by Crippen LogP contribution is 2.21. The predicted molar refractivity (Wildman–Crippen MR) is 96.7 cm³/mol. The molecule has 1 heterocycles. The Morgan fingerprint density at radius 3 is 2.60 bits per heavy atom. The minimum atomic E-state index is -0.227. The molecule has 0 saturated carbocycles. The van der Waals surface area contributed by atoms with Crippen LogP contribution in [0.15, 0.2) is 42.7 Å². The number of hydrogen-bond acceptors (Lipinski definition) is 5. The first-order chi connectivity index (χ1) is 12.1. The minimum Gasteiger partial charge on any atom is -0.383 e. The summed E-state index contributed by atoms with van der Waals surface area (Å²) in [5, 5.41) is 8.62. The molecule has 0 radical (unpaired) electrons. The number of aryl methyl sites for hydroxylation is 1. The van der Waals surface area contributed by atoms with Crippen LogP contribution < -0.4 is 16.0 Å². The molecule has 0 aliphatic rings. The van der Waals surface area contributed by atoms with Crippen LogP contribution in [0.3, 0.4) is 0 Å². The van der Waals surface area contributed by atoms with E-state index < -0.39 is 0 Å². The zero-order valence-electron chi connectivity index (χ0n) is 14.3. The molecule has 7 heteroatoms. The lowest BCUT2D eigenvalue weighted by molar-refractivity contribution is -0.115. The van der Waals surface area contributed by atoms with Gasteiger partial charge < -0.3 is 20.7 Å². The predicted octanol–water partition coefficient (Wildman–Crippen LogP) is 1.82. The number of rotatable bonds is 8. The van der Waals surface area contributed by atoms with E-state index in [0.717, 1.165) is 5.56 Å².